The molecule has 2 N–H and O–H groups in total. The maximum Gasteiger partial charge on any atom is 0.317 e. The molecule has 5 nitrogen and oxygen atoms in total. The first-order valence-corrected chi connectivity index (χ1v) is 7.10. The van der Waals surface area contributed by atoms with Gasteiger partial charge in [-0.1, -0.05) is 13.8 Å². The molecule has 0 aliphatic carbocycles. The lowest BCUT2D eigenvalue weighted by Gasteiger charge is -2.36. The van der Waals surface area contributed by atoms with Crippen molar-refractivity contribution in [1.29, 1.82) is 0 Å². The van der Waals surface area contributed by atoms with E-state index in [1.54, 1.807) is 4.90 Å². The average Bonchev–Trinajstić information content (AvgIpc) is 2.74. The quantitative estimate of drug-likeness (QED) is 0.788. The first-order valence-electron chi connectivity index (χ1n) is 7.10. The molecule has 1 rings (SSSR count). The topological polar surface area (TPSA) is 55.8 Å². The average molecular weight is 271 g/mol. The molecule has 0 spiro atoms. The van der Waals surface area contributed by atoms with Crippen LogP contribution in [0.2, 0.25) is 0 Å². The number of aliphatic hydroxyl groups excluding tert-OH is 1. The highest BCUT2D eigenvalue weighted by molar-refractivity contribution is 5.75. The van der Waals surface area contributed by atoms with Gasteiger partial charge in [-0.3, -0.25) is 0 Å². The van der Waals surface area contributed by atoms with Gasteiger partial charge >= 0.3 is 6.03 Å². The summed E-state index contributed by atoms with van der Waals surface area (Å²) in [7, 11) is 4.08. The Hall–Kier alpha value is -0.810. The number of carbonyl (C=O) groups is 1. The number of nitrogens with zero attached hydrogens (tertiary/aromatic N) is 2. The summed E-state index contributed by atoms with van der Waals surface area (Å²) < 4.78 is 0. The van der Waals surface area contributed by atoms with Crippen LogP contribution in [-0.4, -0.2) is 66.8 Å². The molecule has 0 bridgehead atoms. The first kappa shape index (κ1) is 16.2. The molecule has 2 atom stereocenters. The van der Waals surface area contributed by atoms with E-state index in [1.807, 2.05) is 21.0 Å². The predicted molar refractivity (Wildman–Crippen MR) is 77.1 cm³/mol. The fourth-order valence-electron chi connectivity index (χ4n) is 2.71. The van der Waals surface area contributed by atoms with Crippen molar-refractivity contribution in [3.05, 3.63) is 0 Å². The third-order valence-electron chi connectivity index (χ3n) is 4.08. The summed E-state index contributed by atoms with van der Waals surface area (Å²) in [5.41, 5.74) is 0.00754. The maximum absolute atomic E-state index is 12.2. The van der Waals surface area contributed by atoms with Crippen molar-refractivity contribution in [2.75, 3.05) is 33.8 Å². The molecule has 1 aliphatic rings. The molecule has 1 fully saturated rings. The Balaban J connectivity index is 2.56. The van der Waals surface area contributed by atoms with E-state index in [0.29, 0.717) is 0 Å². The Morgan fingerprint density at radius 1 is 1.53 bits per heavy atom. The minimum atomic E-state index is -0.0455. The second-order valence-corrected chi connectivity index (χ2v) is 6.57. The van der Waals surface area contributed by atoms with Crippen molar-refractivity contribution in [2.24, 2.45) is 5.41 Å². The van der Waals surface area contributed by atoms with Gasteiger partial charge < -0.3 is 20.2 Å². The van der Waals surface area contributed by atoms with Crippen LogP contribution in [0.15, 0.2) is 0 Å². The summed E-state index contributed by atoms with van der Waals surface area (Å²) in [5.74, 6) is 0. The Morgan fingerprint density at radius 2 is 2.16 bits per heavy atom. The van der Waals surface area contributed by atoms with E-state index in [1.165, 1.54) is 0 Å². The number of carbonyl (C=O) groups excluding carboxylic acids is 1. The minimum absolute atomic E-state index is 0.00754. The molecule has 5 heteroatoms. The minimum Gasteiger partial charge on any atom is -0.394 e. The number of aliphatic hydroxyl groups is 1. The fourth-order valence-corrected chi connectivity index (χ4v) is 2.71. The summed E-state index contributed by atoms with van der Waals surface area (Å²) in [5, 5.41) is 12.4. The van der Waals surface area contributed by atoms with E-state index < -0.39 is 0 Å². The predicted octanol–water partition coefficient (Wildman–Crippen LogP) is 1.13. The van der Waals surface area contributed by atoms with E-state index >= 15 is 0 Å². The normalized spacial score (nSPS) is 21.8. The molecule has 2 amide bonds. The monoisotopic (exact) mass is 271 g/mol. The molecule has 0 radical (unpaired) electrons. The first-order chi connectivity index (χ1) is 8.77. The third kappa shape index (κ3) is 4.35. The highest BCUT2D eigenvalue weighted by atomic mass is 16.3. The van der Waals surface area contributed by atoms with Crippen LogP contribution < -0.4 is 5.32 Å². The highest BCUT2D eigenvalue weighted by Crippen LogP contribution is 2.22. The Labute approximate surface area is 117 Å². The van der Waals surface area contributed by atoms with E-state index in [2.05, 4.69) is 24.1 Å². The summed E-state index contributed by atoms with van der Waals surface area (Å²) in [6, 6.07) is 0.0300. The second-order valence-electron chi connectivity index (χ2n) is 6.57. The summed E-state index contributed by atoms with van der Waals surface area (Å²) >= 11 is 0. The van der Waals surface area contributed by atoms with Gasteiger partial charge in [0, 0.05) is 19.1 Å². The van der Waals surface area contributed by atoms with Crippen LogP contribution in [0.5, 0.6) is 0 Å². The standard InChI is InChI=1S/C14H29N3O2/c1-11(14(2,3)10-16(4)5)15-13(19)17-8-6-7-12(17)9-18/h11-12,18H,6-10H2,1-5H3,(H,15,19)/t11-,12+/m0/s1. The lowest BCUT2D eigenvalue weighted by Crippen LogP contribution is -2.52. The van der Waals surface area contributed by atoms with E-state index in [-0.39, 0.29) is 30.1 Å². The van der Waals surface area contributed by atoms with Gasteiger partial charge in [-0.05, 0) is 39.3 Å². The molecule has 1 aliphatic heterocycles. The number of nitrogens with one attached hydrogen (secondary N) is 1. The molecule has 1 saturated heterocycles. The van der Waals surface area contributed by atoms with Crippen LogP contribution in [0.4, 0.5) is 4.79 Å². The number of likely N-dealkylation sites (tertiary alicyclic amines) is 1. The van der Waals surface area contributed by atoms with Crippen LogP contribution in [0, 0.1) is 5.41 Å². The summed E-state index contributed by atoms with van der Waals surface area (Å²) in [6.45, 7) is 8.08. The summed E-state index contributed by atoms with van der Waals surface area (Å²) in [4.78, 5) is 16.1. The van der Waals surface area contributed by atoms with Crippen molar-refractivity contribution >= 4 is 6.03 Å². The molecule has 0 aromatic carbocycles. The van der Waals surface area contributed by atoms with Crippen LogP contribution in [0.1, 0.15) is 33.6 Å². The van der Waals surface area contributed by atoms with Gasteiger partial charge in [0.25, 0.3) is 0 Å². The second kappa shape index (κ2) is 6.57. The van der Waals surface area contributed by atoms with Crippen molar-refractivity contribution in [3.8, 4) is 0 Å². The molecule has 0 aromatic heterocycles. The van der Waals surface area contributed by atoms with Crippen LogP contribution >= 0.6 is 0 Å². The molecule has 112 valence electrons. The summed E-state index contributed by atoms with van der Waals surface area (Å²) in [6.07, 6.45) is 1.88. The number of rotatable bonds is 5. The van der Waals surface area contributed by atoms with Crippen molar-refractivity contribution in [2.45, 2.75) is 45.7 Å². The van der Waals surface area contributed by atoms with Crippen molar-refractivity contribution in [1.82, 2.24) is 15.1 Å². The van der Waals surface area contributed by atoms with Gasteiger partial charge in [-0.15, -0.1) is 0 Å². The van der Waals surface area contributed by atoms with Gasteiger partial charge in [-0.2, -0.15) is 0 Å². The van der Waals surface area contributed by atoms with Gasteiger partial charge in [0.1, 0.15) is 0 Å². The number of hydrogen-bond donors (Lipinski definition) is 2. The SMILES string of the molecule is C[C@H](NC(=O)N1CCC[C@@H]1CO)C(C)(C)CN(C)C. The third-order valence-corrected chi connectivity index (χ3v) is 4.08. The van der Waals surface area contributed by atoms with E-state index in [0.717, 1.165) is 25.9 Å². The van der Waals surface area contributed by atoms with E-state index in [4.69, 9.17) is 0 Å². The smallest absolute Gasteiger partial charge is 0.317 e. The zero-order valence-corrected chi connectivity index (χ0v) is 12.9. The number of hydrogen-bond acceptors (Lipinski definition) is 3. The van der Waals surface area contributed by atoms with Crippen LogP contribution in [0.25, 0.3) is 0 Å². The van der Waals surface area contributed by atoms with Gasteiger partial charge in [-0.25, -0.2) is 4.79 Å². The number of urea groups is 1. The largest absolute Gasteiger partial charge is 0.394 e. The number of amides is 2. The van der Waals surface area contributed by atoms with E-state index in [9.17, 15) is 9.90 Å². The van der Waals surface area contributed by atoms with Gasteiger partial charge in [0.2, 0.25) is 0 Å². The molecule has 1 heterocycles. The fraction of sp³-hybridized carbons (Fsp3) is 0.929. The lowest BCUT2D eigenvalue weighted by atomic mass is 9.85. The van der Waals surface area contributed by atoms with Crippen molar-refractivity contribution in [3.63, 3.8) is 0 Å². The zero-order valence-electron chi connectivity index (χ0n) is 12.9. The van der Waals surface area contributed by atoms with Crippen LogP contribution in [0.3, 0.4) is 0 Å². The lowest BCUT2D eigenvalue weighted by molar-refractivity contribution is 0.139. The molecular formula is C14H29N3O2. The molecule has 19 heavy (non-hydrogen) atoms. The Morgan fingerprint density at radius 3 is 2.68 bits per heavy atom. The van der Waals surface area contributed by atoms with Crippen LogP contribution in [-0.2, 0) is 0 Å². The Kier molecular flexibility index (Phi) is 5.62. The van der Waals surface area contributed by atoms with Crippen molar-refractivity contribution < 1.29 is 9.90 Å². The Bertz CT molecular complexity index is 305. The maximum atomic E-state index is 12.2. The molecule has 0 saturated carbocycles. The van der Waals surface area contributed by atoms with Gasteiger partial charge in [0.05, 0.1) is 12.6 Å². The zero-order chi connectivity index (χ0) is 14.6. The highest BCUT2D eigenvalue weighted by Gasteiger charge is 2.32. The molecule has 0 aromatic rings. The molecular weight excluding hydrogens is 242 g/mol. The van der Waals surface area contributed by atoms with Gasteiger partial charge in [0.15, 0.2) is 0 Å². The molecule has 0 unspecified atom stereocenters.